The fourth-order valence-corrected chi connectivity index (χ4v) is 4.88. The summed E-state index contributed by atoms with van der Waals surface area (Å²) in [6.07, 6.45) is -4.71. The van der Waals surface area contributed by atoms with Crippen LogP contribution in [-0.2, 0) is 21.0 Å². The Morgan fingerprint density at radius 3 is 2.28 bits per heavy atom. The highest BCUT2D eigenvalue weighted by Crippen LogP contribution is 2.35. The first-order valence-electron chi connectivity index (χ1n) is 10.7. The van der Waals surface area contributed by atoms with Crippen molar-refractivity contribution in [3.8, 4) is 11.5 Å². The predicted molar refractivity (Wildman–Crippen MR) is 130 cm³/mol. The highest BCUT2D eigenvalue weighted by molar-refractivity contribution is 7.92. The third-order valence-electron chi connectivity index (χ3n) is 5.36. The Morgan fingerprint density at radius 1 is 0.944 bits per heavy atom. The topological polar surface area (TPSA) is 84.9 Å². The summed E-state index contributed by atoms with van der Waals surface area (Å²) in [7, 11) is -1.82. The van der Waals surface area contributed by atoms with Gasteiger partial charge in [0.1, 0.15) is 6.54 Å². The molecule has 0 radical (unpaired) electrons. The maximum atomic E-state index is 13.6. The molecule has 0 bridgehead atoms. The average molecular weight is 523 g/mol. The standard InChI is InChI=1S/C25H25F3N2O5S/c1-16-8-9-17(2)21(12-16)29-24(31)15-30(19-7-5-6-18(13-19)25(26,27)28)36(32,33)20-10-11-22(34-3)23(14-20)35-4/h5-14H,15H2,1-4H3,(H,29,31). The lowest BCUT2D eigenvalue weighted by molar-refractivity contribution is -0.137. The van der Waals surface area contributed by atoms with Crippen molar-refractivity contribution >= 4 is 27.3 Å². The zero-order valence-electron chi connectivity index (χ0n) is 20.0. The Labute approximate surface area is 207 Å². The number of methoxy groups -OCH3 is 2. The summed E-state index contributed by atoms with van der Waals surface area (Å²) >= 11 is 0. The molecule has 3 aromatic rings. The monoisotopic (exact) mass is 522 g/mol. The van der Waals surface area contributed by atoms with E-state index in [-0.39, 0.29) is 22.1 Å². The van der Waals surface area contributed by atoms with Crippen LogP contribution in [0.25, 0.3) is 0 Å². The van der Waals surface area contributed by atoms with Gasteiger partial charge in [0.15, 0.2) is 11.5 Å². The number of nitrogens with zero attached hydrogens (tertiary/aromatic N) is 1. The molecule has 3 rings (SSSR count). The van der Waals surface area contributed by atoms with Crippen LogP contribution in [0.2, 0.25) is 0 Å². The molecule has 1 amide bonds. The summed E-state index contributed by atoms with van der Waals surface area (Å²) in [6, 6.07) is 12.9. The second-order valence-corrected chi connectivity index (χ2v) is 9.81. The molecule has 0 atom stereocenters. The van der Waals surface area contributed by atoms with Crippen molar-refractivity contribution in [3.05, 3.63) is 77.4 Å². The number of aryl methyl sites for hydroxylation is 2. The summed E-state index contributed by atoms with van der Waals surface area (Å²) in [5, 5.41) is 2.65. The van der Waals surface area contributed by atoms with E-state index < -0.39 is 34.2 Å². The van der Waals surface area contributed by atoms with Crippen LogP contribution in [0, 0.1) is 13.8 Å². The van der Waals surface area contributed by atoms with Crippen LogP contribution in [-0.4, -0.2) is 35.1 Å². The van der Waals surface area contributed by atoms with Gasteiger partial charge in [0.05, 0.1) is 30.4 Å². The number of nitrogens with one attached hydrogen (secondary N) is 1. The molecule has 0 aliphatic carbocycles. The SMILES string of the molecule is COc1ccc(S(=O)(=O)N(CC(=O)Nc2cc(C)ccc2C)c2cccc(C(F)(F)F)c2)cc1OC. The molecule has 0 aliphatic rings. The summed E-state index contributed by atoms with van der Waals surface area (Å²) in [5.74, 6) is -0.373. The Hall–Kier alpha value is -3.73. The van der Waals surface area contributed by atoms with Gasteiger partial charge in [-0.25, -0.2) is 8.42 Å². The van der Waals surface area contributed by atoms with Crippen LogP contribution in [0.15, 0.2) is 65.6 Å². The normalized spacial score (nSPS) is 11.6. The lowest BCUT2D eigenvalue weighted by Gasteiger charge is -2.25. The first-order valence-corrected chi connectivity index (χ1v) is 12.1. The molecule has 0 spiro atoms. The number of benzene rings is 3. The minimum atomic E-state index is -4.71. The highest BCUT2D eigenvalue weighted by atomic mass is 32.2. The molecule has 0 fully saturated rings. The van der Waals surface area contributed by atoms with Gasteiger partial charge in [-0.15, -0.1) is 0 Å². The maximum absolute atomic E-state index is 13.6. The molecule has 7 nitrogen and oxygen atoms in total. The van der Waals surface area contributed by atoms with E-state index in [2.05, 4.69) is 5.32 Å². The van der Waals surface area contributed by atoms with Crippen molar-refractivity contribution in [2.45, 2.75) is 24.9 Å². The van der Waals surface area contributed by atoms with E-state index in [0.717, 1.165) is 23.3 Å². The van der Waals surface area contributed by atoms with Gasteiger partial charge in [-0.3, -0.25) is 9.10 Å². The molecular weight excluding hydrogens is 497 g/mol. The van der Waals surface area contributed by atoms with E-state index in [1.54, 1.807) is 19.1 Å². The number of carbonyl (C=O) groups excluding carboxylic acids is 1. The molecule has 0 aromatic heterocycles. The van der Waals surface area contributed by atoms with Gasteiger partial charge < -0.3 is 14.8 Å². The smallest absolute Gasteiger partial charge is 0.416 e. The number of carbonyl (C=O) groups is 1. The predicted octanol–water partition coefficient (Wildman–Crippen LogP) is 5.17. The van der Waals surface area contributed by atoms with Gasteiger partial charge in [0, 0.05) is 11.8 Å². The summed E-state index contributed by atoms with van der Waals surface area (Å²) in [6.45, 7) is 2.82. The molecule has 0 saturated carbocycles. The van der Waals surface area contributed by atoms with E-state index in [4.69, 9.17) is 9.47 Å². The zero-order valence-corrected chi connectivity index (χ0v) is 20.8. The summed E-state index contributed by atoms with van der Waals surface area (Å²) < 4.78 is 78.4. The minimum absolute atomic E-state index is 0.0994. The minimum Gasteiger partial charge on any atom is -0.493 e. The van der Waals surface area contributed by atoms with Crippen LogP contribution >= 0.6 is 0 Å². The number of alkyl halides is 3. The third kappa shape index (κ3) is 5.91. The zero-order chi connectivity index (χ0) is 26.7. The fourth-order valence-electron chi connectivity index (χ4n) is 3.45. The van der Waals surface area contributed by atoms with Crippen molar-refractivity contribution in [1.29, 1.82) is 0 Å². The molecule has 3 aromatic carbocycles. The van der Waals surface area contributed by atoms with Gasteiger partial charge in [-0.1, -0.05) is 18.2 Å². The maximum Gasteiger partial charge on any atom is 0.416 e. The van der Waals surface area contributed by atoms with E-state index in [0.29, 0.717) is 16.1 Å². The first kappa shape index (κ1) is 26.9. The Bertz CT molecular complexity index is 1370. The summed E-state index contributed by atoms with van der Waals surface area (Å²) in [4.78, 5) is 12.7. The quantitative estimate of drug-likeness (QED) is 0.441. The molecule has 0 heterocycles. The number of anilines is 2. The molecule has 0 saturated heterocycles. The number of ether oxygens (including phenoxy) is 2. The van der Waals surface area contributed by atoms with Crippen LogP contribution in [0.5, 0.6) is 11.5 Å². The van der Waals surface area contributed by atoms with Crippen molar-refractivity contribution in [1.82, 2.24) is 0 Å². The van der Waals surface area contributed by atoms with E-state index in [1.165, 1.54) is 38.5 Å². The number of rotatable bonds is 8. The Balaban J connectivity index is 2.08. The van der Waals surface area contributed by atoms with Crippen molar-refractivity contribution < 1.29 is 35.9 Å². The molecule has 1 N–H and O–H groups in total. The van der Waals surface area contributed by atoms with E-state index in [9.17, 15) is 26.4 Å². The van der Waals surface area contributed by atoms with Crippen molar-refractivity contribution in [2.24, 2.45) is 0 Å². The third-order valence-corrected chi connectivity index (χ3v) is 7.13. The van der Waals surface area contributed by atoms with Crippen LogP contribution in [0.4, 0.5) is 24.5 Å². The van der Waals surface area contributed by atoms with Crippen molar-refractivity contribution in [2.75, 3.05) is 30.4 Å². The highest BCUT2D eigenvalue weighted by Gasteiger charge is 2.33. The molecule has 36 heavy (non-hydrogen) atoms. The number of sulfonamides is 1. The lowest BCUT2D eigenvalue weighted by Crippen LogP contribution is -2.38. The number of hydrogen-bond donors (Lipinski definition) is 1. The second kappa shape index (κ2) is 10.5. The lowest BCUT2D eigenvalue weighted by atomic mass is 10.1. The number of halogens is 3. The van der Waals surface area contributed by atoms with Gasteiger partial charge in [-0.2, -0.15) is 13.2 Å². The number of amides is 1. The van der Waals surface area contributed by atoms with E-state index >= 15 is 0 Å². The van der Waals surface area contributed by atoms with Crippen LogP contribution in [0.1, 0.15) is 16.7 Å². The second-order valence-electron chi connectivity index (χ2n) is 7.94. The van der Waals surface area contributed by atoms with E-state index in [1.807, 2.05) is 13.0 Å². The molecule has 0 unspecified atom stereocenters. The average Bonchev–Trinajstić information content (AvgIpc) is 2.83. The van der Waals surface area contributed by atoms with Crippen LogP contribution < -0.4 is 19.1 Å². The van der Waals surface area contributed by atoms with Gasteiger partial charge >= 0.3 is 6.18 Å². The Kier molecular flexibility index (Phi) is 7.83. The van der Waals surface area contributed by atoms with Crippen LogP contribution in [0.3, 0.4) is 0 Å². The largest absolute Gasteiger partial charge is 0.493 e. The van der Waals surface area contributed by atoms with Gasteiger partial charge in [-0.05, 0) is 61.4 Å². The first-order chi connectivity index (χ1) is 16.9. The van der Waals surface area contributed by atoms with Gasteiger partial charge in [0.2, 0.25) is 5.91 Å². The summed E-state index contributed by atoms with van der Waals surface area (Å²) in [5.41, 5.74) is 0.691. The Morgan fingerprint density at radius 2 is 1.64 bits per heavy atom. The molecule has 0 aliphatic heterocycles. The fraction of sp³-hybridized carbons (Fsp3) is 0.240. The number of hydrogen-bond acceptors (Lipinski definition) is 5. The van der Waals surface area contributed by atoms with Gasteiger partial charge in [0.25, 0.3) is 10.0 Å². The molecular formula is C25H25F3N2O5S. The van der Waals surface area contributed by atoms with Crippen molar-refractivity contribution in [3.63, 3.8) is 0 Å². The molecule has 11 heteroatoms. The molecule has 192 valence electrons.